The predicted octanol–water partition coefficient (Wildman–Crippen LogP) is 2.68. The predicted molar refractivity (Wildman–Crippen MR) is 53.2 cm³/mol. The van der Waals surface area contributed by atoms with Gasteiger partial charge in [-0.15, -0.1) is 0 Å². The maximum atomic E-state index is 12.0. The summed E-state index contributed by atoms with van der Waals surface area (Å²) in [6, 6.07) is 5.29. The van der Waals surface area contributed by atoms with E-state index in [0.717, 1.165) is 11.1 Å². The number of alkyl halides is 2. The van der Waals surface area contributed by atoms with Crippen LogP contribution >= 0.6 is 0 Å². The Bertz CT molecular complexity index is 350. The zero-order valence-corrected chi connectivity index (χ0v) is 8.91. The van der Waals surface area contributed by atoms with Gasteiger partial charge in [0.05, 0.1) is 16.6 Å². The molecule has 1 atom stereocenters. The van der Waals surface area contributed by atoms with E-state index in [1.165, 1.54) is 0 Å². The van der Waals surface area contributed by atoms with Crippen molar-refractivity contribution in [2.75, 3.05) is 5.75 Å². The lowest BCUT2D eigenvalue weighted by Gasteiger charge is -2.06. The first-order valence-electron chi connectivity index (χ1n) is 4.24. The molecule has 1 aromatic carbocycles. The fourth-order valence-corrected chi connectivity index (χ4v) is 2.31. The summed E-state index contributed by atoms with van der Waals surface area (Å²) < 4.78 is 35.4. The Balaban J connectivity index is 2.90. The molecule has 0 aliphatic carbocycles. The molecule has 0 saturated heterocycles. The van der Waals surface area contributed by atoms with Crippen LogP contribution in [0.15, 0.2) is 23.1 Å². The molecular weight excluding hydrogens is 206 g/mol. The minimum atomic E-state index is -2.52. The van der Waals surface area contributed by atoms with Crippen LogP contribution in [0.3, 0.4) is 0 Å². The number of hydrogen-bond acceptors (Lipinski definition) is 1. The Morgan fingerprint density at radius 2 is 2.00 bits per heavy atom. The van der Waals surface area contributed by atoms with Gasteiger partial charge >= 0.3 is 0 Å². The number of hydrogen-bond donors (Lipinski definition) is 0. The average Bonchev–Trinajstić information content (AvgIpc) is 2.01. The second kappa shape index (κ2) is 4.64. The van der Waals surface area contributed by atoms with E-state index in [-0.39, 0.29) is 0 Å². The molecule has 0 N–H and O–H groups in total. The van der Waals surface area contributed by atoms with Crippen LogP contribution in [0.4, 0.5) is 8.78 Å². The van der Waals surface area contributed by atoms with Crippen molar-refractivity contribution < 1.29 is 13.0 Å². The molecule has 1 unspecified atom stereocenters. The van der Waals surface area contributed by atoms with Gasteiger partial charge in [-0.05, 0) is 25.5 Å². The van der Waals surface area contributed by atoms with E-state index in [2.05, 4.69) is 0 Å². The van der Waals surface area contributed by atoms with Crippen LogP contribution in [0.2, 0.25) is 0 Å². The molecule has 1 aromatic rings. The van der Waals surface area contributed by atoms with Gasteiger partial charge in [-0.2, -0.15) is 0 Å². The van der Waals surface area contributed by atoms with E-state index in [0.29, 0.717) is 4.90 Å². The standard InChI is InChI=1S/C10H12F2OS/c1-7-3-4-9(8(2)5-7)14(13)6-10(11)12/h3-5,10H,6H2,1-2H3. The van der Waals surface area contributed by atoms with Crippen molar-refractivity contribution in [3.05, 3.63) is 29.3 Å². The fraction of sp³-hybridized carbons (Fsp3) is 0.400. The summed E-state index contributed by atoms with van der Waals surface area (Å²) >= 11 is 0. The quantitative estimate of drug-likeness (QED) is 0.762. The summed E-state index contributed by atoms with van der Waals surface area (Å²) in [5.74, 6) is -0.579. The van der Waals surface area contributed by atoms with Gasteiger partial charge in [-0.3, -0.25) is 4.21 Å². The highest BCUT2D eigenvalue weighted by atomic mass is 32.2. The molecule has 0 radical (unpaired) electrons. The van der Waals surface area contributed by atoms with Crippen LogP contribution in [-0.4, -0.2) is 16.4 Å². The SMILES string of the molecule is Cc1ccc(S(=O)CC(F)F)c(C)c1. The van der Waals surface area contributed by atoms with Gasteiger partial charge in [0.15, 0.2) is 0 Å². The molecule has 0 heterocycles. The lowest BCUT2D eigenvalue weighted by atomic mass is 10.2. The van der Waals surface area contributed by atoms with Gasteiger partial charge < -0.3 is 0 Å². The Morgan fingerprint density at radius 3 is 2.50 bits per heavy atom. The second-order valence-electron chi connectivity index (χ2n) is 3.17. The highest BCUT2D eigenvalue weighted by Gasteiger charge is 2.13. The molecule has 14 heavy (non-hydrogen) atoms. The van der Waals surface area contributed by atoms with E-state index >= 15 is 0 Å². The molecule has 0 aliphatic rings. The smallest absolute Gasteiger partial charge is 0.250 e. The van der Waals surface area contributed by atoms with Crippen molar-refractivity contribution in [2.24, 2.45) is 0 Å². The minimum Gasteiger partial charge on any atom is -0.254 e. The molecular formula is C10H12F2OS. The third kappa shape index (κ3) is 2.87. The summed E-state index contributed by atoms with van der Waals surface area (Å²) in [5, 5.41) is 0. The van der Waals surface area contributed by atoms with E-state index in [1.807, 2.05) is 13.0 Å². The summed E-state index contributed by atoms with van der Waals surface area (Å²) in [6.07, 6.45) is -2.52. The number of benzene rings is 1. The average molecular weight is 218 g/mol. The third-order valence-electron chi connectivity index (χ3n) is 1.85. The van der Waals surface area contributed by atoms with E-state index in [1.54, 1.807) is 19.1 Å². The largest absolute Gasteiger partial charge is 0.254 e. The lowest BCUT2D eigenvalue weighted by molar-refractivity contribution is 0.175. The van der Waals surface area contributed by atoms with Crippen molar-refractivity contribution in [3.63, 3.8) is 0 Å². The molecule has 1 nitrogen and oxygen atoms in total. The van der Waals surface area contributed by atoms with Crippen LogP contribution in [0.1, 0.15) is 11.1 Å². The maximum absolute atomic E-state index is 12.0. The first-order chi connectivity index (χ1) is 6.50. The normalized spacial score (nSPS) is 13.2. The minimum absolute atomic E-state index is 0.510. The van der Waals surface area contributed by atoms with Crippen LogP contribution < -0.4 is 0 Å². The molecule has 4 heteroatoms. The van der Waals surface area contributed by atoms with Gasteiger partial charge in [0.25, 0.3) is 0 Å². The highest BCUT2D eigenvalue weighted by molar-refractivity contribution is 7.85. The summed E-state index contributed by atoms with van der Waals surface area (Å²) in [6.45, 7) is 3.69. The van der Waals surface area contributed by atoms with Crippen LogP contribution in [-0.2, 0) is 10.8 Å². The van der Waals surface area contributed by atoms with Gasteiger partial charge in [0.2, 0.25) is 6.43 Å². The molecule has 0 amide bonds. The molecule has 1 rings (SSSR count). The van der Waals surface area contributed by atoms with Crippen LogP contribution in [0.25, 0.3) is 0 Å². The van der Waals surface area contributed by atoms with Crippen LogP contribution in [0.5, 0.6) is 0 Å². The molecule has 0 aliphatic heterocycles. The summed E-state index contributed by atoms with van der Waals surface area (Å²) in [4.78, 5) is 0.510. The number of aryl methyl sites for hydroxylation is 2. The zero-order valence-electron chi connectivity index (χ0n) is 8.09. The summed E-state index contributed by atoms with van der Waals surface area (Å²) in [7, 11) is -1.58. The highest BCUT2D eigenvalue weighted by Crippen LogP contribution is 2.16. The molecule has 0 bridgehead atoms. The lowest BCUT2D eigenvalue weighted by Crippen LogP contribution is -2.08. The summed E-state index contributed by atoms with van der Waals surface area (Å²) in [5.41, 5.74) is 1.85. The molecule has 0 aromatic heterocycles. The Morgan fingerprint density at radius 1 is 1.36 bits per heavy atom. The fourth-order valence-electron chi connectivity index (χ4n) is 1.26. The van der Waals surface area contributed by atoms with E-state index < -0.39 is 23.0 Å². The Labute approximate surface area is 84.6 Å². The van der Waals surface area contributed by atoms with Crippen molar-refractivity contribution in [1.82, 2.24) is 0 Å². The van der Waals surface area contributed by atoms with Gasteiger partial charge in [-0.25, -0.2) is 8.78 Å². The monoisotopic (exact) mass is 218 g/mol. The van der Waals surface area contributed by atoms with Crippen molar-refractivity contribution in [3.8, 4) is 0 Å². The topological polar surface area (TPSA) is 17.1 Å². The van der Waals surface area contributed by atoms with Gasteiger partial charge in [0.1, 0.15) is 0 Å². The number of halogens is 2. The Hall–Kier alpha value is -0.770. The van der Waals surface area contributed by atoms with Gasteiger partial charge in [-0.1, -0.05) is 17.7 Å². The Kier molecular flexibility index (Phi) is 3.75. The van der Waals surface area contributed by atoms with Crippen molar-refractivity contribution in [2.45, 2.75) is 25.2 Å². The first-order valence-corrected chi connectivity index (χ1v) is 5.56. The number of rotatable bonds is 3. The van der Waals surface area contributed by atoms with Gasteiger partial charge in [0, 0.05) is 4.90 Å². The zero-order chi connectivity index (χ0) is 10.7. The maximum Gasteiger partial charge on any atom is 0.250 e. The van der Waals surface area contributed by atoms with E-state index in [9.17, 15) is 13.0 Å². The molecule has 78 valence electrons. The molecule has 0 spiro atoms. The second-order valence-corrected chi connectivity index (χ2v) is 4.64. The third-order valence-corrected chi connectivity index (χ3v) is 3.36. The van der Waals surface area contributed by atoms with Crippen molar-refractivity contribution in [1.29, 1.82) is 0 Å². The van der Waals surface area contributed by atoms with Crippen LogP contribution in [0, 0.1) is 13.8 Å². The van der Waals surface area contributed by atoms with E-state index in [4.69, 9.17) is 0 Å². The molecule has 0 fully saturated rings. The van der Waals surface area contributed by atoms with Crippen molar-refractivity contribution >= 4 is 10.8 Å². The molecule has 0 saturated carbocycles. The first kappa shape index (κ1) is 11.3.